The highest BCUT2D eigenvalue weighted by molar-refractivity contribution is 5.32. The van der Waals surface area contributed by atoms with Gasteiger partial charge in [-0.2, -0.15) is 8.78 Å². The molecule has 1 N–H and O–H groups in total. The van der Waals surface area contributed by atoms with Gasteiger partial charge in [0, 0.05) is 0 Å². The molecule has 0 saturated heterocycles. The maximum Gasteiger partial charge on any atom is 0.387 e. The molecule has 2 unspecified atom stereocenters. The molecule has 16 heavy (non-hydrogen) atoms. The molecule has 4 heteroatoms. The summed E-state index contributed by atoms with van der Waals surface area (Å²) in [7, 11) is 1.94. The number of rotatable bonds is 5. The molecule has 2 nitrogen and oxygen atoms in total. The normalized spacial score (nSPS) is 23.5. The van der Waals surface area contributed by atoms with Gasteiger partial charge < -0.3 is 10.1 Å². The van der Waals surface area contributed by atoms with Gasteiger partial charge in [0.05, 0.1) is 0 Å². The fraction of sp³-hybridized carbons (Fsp3) is 0.500. The minimum absolute atomic E-state index is 0.226. The molecule has 0 spiro atoms. The first-order valence-corrected chi connectivity index (χ1v) is 5.40. The molecule has 1 saturated carbocycles. The minimum atomic E-state index is -2.75. The Hall–Kier alpha value is -1.16. The van der Waals surface area contributed by atoms with Crippen LogP contribution >= 0.6 is 0 Å². The lowest BCUT2D eigenvalue weighted by atomic mass is 10.1. The number of ether oxygens (including phenoxy) is 1. The van der Waals surface area contributed by atoms with E-state index in [0.717, 1.165) is 6.54 Å². The summed E-state index contributed by atoms with van der Waals surface area (Å²) in [6.07, 6.45) is 1.18. The van der Waals surface area contributed by atoms with Gasteiger partial charge in [-0.25, -0.2) is 0 Å². The molecule has 0 bridgehead atoms. The van der Waals surface area contributed by atoms with Gasteiger partial charge in [-0.15, -0.1) is 0 Å². The van der Waals surface area contributed by atoms with E-state index in [9.17, 15) is 8.78 Å². The number of alkyl halides is 2. The van der Waals surface area contributed by atoms with Crippen molar-refractivity contribution < 1.29 is 13.5 Å². The Bertz CT molecular complexity index is 339. The first kappa shape index (κ1) is 11.3. The molecule has 1 aromatic rings. The Labute approximate surface area is 93.6 Å². The predicted octanol–water partition coefficient (Wildman–Crippen LogP) is 2.61. The van der Waals surface area contributed by atoms with Crippen molar-refractivity contribution in [3.05, 3.63) is 29.8 Å². The number of nitrogens with one attached hydrogen (secondary N) is 1. The molecule has 1 aromatic carbocycles. The van der Waals surface area contributed by atoms with Gasteiger partial charge in [0.2, 0.25) is 0 Å². The lowest BCUT2D eigenvalue weighted by Gasteiger charge is -2.05. The van der Waals surface area contributed by atoms with E-state index in [1.807, 2.05) is 19.2 Å². The van der Waals surface area contributed by atoms with Gasteiger partial charge in [-0.05, 0) is 49.5 Å². The largest absolute Gasteiger partial charge is 0.435 e. The highest BCUT2D eigenvalue weighted by Crippen LogP contribution is 2.47. The molecule has 0 amide bonds. The van der Waals surface area contributed by atoms with Gasteiger partial charge in [0.1, 0.15) is 5.75 Å². The third-order valence-electron chi connectivity index (χ3n) is 2.92. The molecule has 88 valence electrons. The molecule has 0 radical (unpaired) electrons. The van der Waals surface area contributed by atoms with Crippen molar-refractivity contribution in [2.45, 2.75) is 19.0 Å². The second-order valence-corrected chi connectivity index (χ2v) is 4.11. The second-order valence-electron chi connectivity index (χ2n) is 4.11. The van der Waals surface area contributed by atoms with Gasteiger partial charge in [0.15, 0.2) is 0 Å². The van der Waals surface area contributed by atoms with Crippen LogP contribution in [0.5, 0.6) is 5.75 Å². The van der Waals surface area contributed by atoms with Crippen LogP contribution in [0.2, 0.25) is 0 Å². The van der Waals surface area contributed by atoms with Crippen LogP contribution in [0.3, 0.4) is 0 Å². The molecule has 2 rings (SSSR count). The summed E-state index contributed by atoms with van der Waals surface area (Å²) < 4.78 is 28.1. The Morgan fingerprint density at radius 2 is 2.06 bits per heavy atom. The Kier molecular flexibility index (Phi) is 3.39. The highest BCUT2D eigenvalue weighted by Gasteiger charge is 2.37. The van der Waals surface area contributed by atoms with Crippen molar-refractivity contribution >= 4 is 0 Å². The summed E-state index contributed by atoms with van der Waals surface area (Å²) >= 11 is 0. The highest BCUT2D eigenvalue weighted by atomic mass is 19.3. The van der Waals surface area contributed by atoms with Crippen molar-refractivity contribution in [1.29, 1.82) is 0 Å². The summed E-state index contributed by atoms with van der Waals surface area (Å²) in [5, 5.41) is 3.14. The van der Waals surface area contributed by atoms with Crippen LogP contribution in [0.15, 0.2) is 24.3 Å². The first-order valence-electron chi connectivity index (χ1n) is 5.40. The Balaban J connectivity index is 1.93. The fourth-order valence-electron chi connectivity index (χ4n) is 2.04. The predicted molar refractivity (Wildman–Crippen MR) is 57.8 cm³/mol. The average Bonchev–Trinajstić information content (AvgIpc) is 2.98. The summed E-state index contributed by atoms with van der Waals surface area (Å²) in [4.78, 5) is 0. The van der Waals surface area contributed by atoms with Gasteiger partial charge in [-0.3, -0.25) is 0 Å². The van der Waals surface area contributed by atoms with Gasteiger partial charge in [-0.1, -0.05) is 12.1 Å². The summed E-state index contributed by atoms with van der Waals surface area (Å²) in [5.74, 6) is 1.49. The first-order chi connectivity index (χ1) is 7.70. The number of hydrogen-bond donors (Lipinski definition) is 1. The molecule has 1 aliphatic rings. The molecule has 1 fully saturated rings. The van der Waals surface area contributed by atoms with Gasteiger partial charge in [0.25, 0.3) is 0 Å². The van der Waals surface area contributed by atoms with Crippen LogP contribution in [-0.2, 0) is 0 Å². The maximum absolute atomic E-state index is 11.9. The van der Waals surface area contributed by atoms with E-state index in [0.29, 0.717) is 11.8 Å². The Morgan fingerprint density at radius 3 is 2.62 bits per heavy atom. The topological polar surface area (TPSA) is 21.3 Å². The van der Waals surface area contributed by atoms with Crippen LogP contribution in [0.4, 0.5) is 8.78 Å². The molecule has 0 aliphatic heterocycles. The van der Waals surface area contributed by atoms with Crippen molar-refractivity contribution in [3.63, 3.8) is 0 Å². The second kappa shape index (κ2) is 4.78. The van der Waals surface area contributed by atoms with E-state index in [-0.39, 0.29) is 5.75 Å². The quantitative estimate of drug-likeness (QED) is 0.834. The van der Waals surface area contributed by atoms with Crippen LogP contribution in [0, 0.1) is 5.92 Å². The molecule has 0 aromatic heterocycles. The zero-order valence-electron chi connectivity index (χ0n) is 9.12. The number of benzene rings is 1. The number of halogens is 2. The standard InChI is InChI=1S/C12H15F2NO/c1-15-7-9-6-11(9)8-2-4-10(5-3-8)16-12(13)14/h2-5,9,11-12,15H,6-7H2,1H3. The van der Waals surface area contributed by atoms with Crippen LogP contribution < -0.4 is 10.1 Å². The average molecular weight is 227 g/mol. The van der Waals surface area contributed by atoms with E-state index in [4.69, 9.17) is 0 Å². The monoisotopic (exact) mass is 227 g/mol. The van der Waals surface area contributed by atoms with Crippen LogP contribution in [0.1, 0.15) is 17.9 Å². The molecular formula is C12H15F2NO. The van der Waals surface area contributed by atoms with Crippen molar-refractivity contribution in [2.75, 3.05) is 13.6 Å². The van der Waals surface area contributed by atoms with E-state index in [1.165, 1.54) is 12.0 Å². The van der Waals surface area contributed by atoms with Crippen molar-refractivity contribution in [2.24, 2.45) is 5.92 Å². The van der Waals surface area contributed by atoms with E-state index in [2.05, 4.69) is 10.1 Å². The van der Waals surface area contributed by atoms with Crippen molar-refractivity contribution in [1.82, 2.24) is 5.32 Å². The van der Waals surface area contributed by atoms with Gasteiger partial charge >= 0.3 is 6.61 Å². The van der Waals surface area contributed by atoms with E-state index >= 15 is 0 Å². The van der Waals surface area contributed by atoms with E-state index in [1.54, 1.807) is 12.1 Å². The van der Waals surface area contributed by atoms with Crippen LogP contribution in [0.25, 0.3) is 0 Å². The molecule has 1 aliphatic carbocycles. The van der Waals surface area contributed by atoms with E-state index < -0.39 is 6.61 Å². The molecular weight excluding hydrogens is 212 g/mol. The summed E-state index contributed by atoms with van der Waals surface area (Å²) in [6.45, 7) is -1.73. The summed E-state index contributed by atoms with van der Waals surface area (Å²) in [6, 6.07) is 6.96. The zero-order chi connectivity index (χ0) is 11.5. The smallest absolute Gasteiger partial charge is 0.387 e. The maximum atomic E-state index is 11.9. The molecule has 2 atom stereocenters. The zero-order valence-corrected chi connectivity index (χ0v) is 9.12. The summed E-state index contributed by atoms with van der Waals surface area (Å²) in [5.41, 5.74) is 1.21. The lowest BCUT2D eigenvalue weighted by Crippen LogP contribution is -2.10. The third kappa shape index (κ3) is 2.70. The third-order valence-corrected chi connectivity index (χ3v) is 2.92. The fourth-order valence-corrected chi connectivity index (χ4v) is 2.04. The minimum Gasteiger partial charge on any atom is -0.435 e. The lowest BCUT2D eigenvalue weighted by molar-refractivity contribution is -0.0498. The van der Waals surface area contributed by atoms with Crippen molar-refractivity contribution in [3.8, 4) is 5.75 Å². The number of hydrogen-bond acceptors (Lipinski definition) is 2. The van der Waals surface area contributed by atoms with Crippen LogP contribution in [-0.4, -0.2) is 20.2 Å². The SMILES string of the molecule is CNCC1CC1c1ccc(OC(F)F)cc1. The molecule has 0 heterocycles. The Morgan fingerprint density at radius 1 is 1.38 bits per heavy atom.